The zero-order valence-electron chi connectivity index (χ0n) is 9.10. The summed E-state index contributed by atoms with van der Waals surface area (Å²) in [6.07, 6.45) is -0.621. The molecule has 6 heteroatoms. The molecule has 0 spiro atoms. The number of amides is 1. The highest BCUT2D eigenvalue weighted by Crippen LogP contribution is 2.09. The molecule has 1 aromatic carbocycles. The number of hydrogen-bond acceptors (Lipinski definition) is 4. The van der Waals surface area contributed by atoms with E-state index in [-0.39, 0.29) is 31.4 Å². The number of carbonyl (C=O) groups excluding carboxylic acids is 1. The summed E-state index contributed by atoms with van der Waals surface area (Å²) in [5.74, 6) is -0.598. The minimum Gasteiger partial charge on any atom is -0.389 e. The van der Waals surface area contributed by atoms with Gasteiger partial charge in [0.2, 0.25) is 0 Å². The van der Waals surface area contributed by atoms with Crippen LogP contribution in [0, 0.1) is 5.82 Å². The molecule has 0 bridgehead atoms. The van der Waals surface area contributed by atoms with E-state index in [0.29, 0.717) is 5.69 Å². The maximum Gasteiger partial charge on any atom is 0.265 e. The Morgan fingerprint density at radius 2 is 2.24 bits per heavy atom. The minimum absolute atomic E-state index is 0.0400. The Morgan fingerprint density at radius 1 is 1.53 bits per heavy atom. The third-order valence-electron chi connectivity index (χ3n) is 2.37. The van der Waals surface area contributed by atoms with E-state index in [2.05, 4.69) is 5.32 Å². The van der Waals surface area contributed by atoms with Crippen LogP contribution in [0.4, 0.5) is 10.1 Å². The zero-order chi connectivity index (χ0) is 12.3. The van der Waals surface area contributed by atoms with Gasteiger partial charge >= 0.3 is 0 Å². The largest absolute Gasteiger partial charge is 0.389 e. The molecule has 0 aromatic heterocycles. The molecule has 17 heavy (non-hydrogen) atoms. The molecule has 1 aliphatic heterocycles. The molecule has 1 atom stereocenters. The molecule has 5 nitrogen and oxygen atoms in total. The molecule has 0 radical (unpaired) electrons. The van der Waals surface area contributed by atoms with E-state index in [1.54, 1.807) is 12.1 Å². The molecule has 1 amide bonds. The van der Waals surface area contributed by atoms with Gasteiger partial charge in [0.25, 0.3) is 5.91 Å². The summed E-state index contributed by atoms with van der Waals surface area (Å²) in [7, 11) is 0. The second kappa shape index (κ2) is 5.11. The van der Waals surface area contributed by atoms with Crippen molar-refractivity contribution in [2.45, 2.75) is 6.10 Å². The first-order chi connectivity index (χ1) is 8.15. The molecule has 1 fully saturated rings. The van der Waals surface area contributed by atoms with Crippen LogP contribution in [-0.4, -0.2) is 41.9 Å². The van der Waals surface area contributed by atoms with E-state index in [0.717, 1.165) is 5.06 Å². The maximum atomic E-state index is 12.6. The van der Waals surface area contributed by atoms with Crippen molar-refractivity contribution in [2.75, 3.05) is 25.0 Å². The van der Waals surface area contributed by atoms with Gasteiger partial charge in [0, 0.05) is 5.69 Å². The Kier molecular flexibility index (Phi) is 3.55. The number of halogens is 1. The fourth-order valence-electron chi connectivity index (χ4n) is 1.48. The molecule has 1 unspecified atom stereocenters. The third kappa shape index (κ3) is 3.15. The predicted molar refractivity (Wildman–Crippen MR) is 58.6 cm³/mol. The number of hydroxylamine groups is 2. The number of carbonyl (C=O) groups is 1. The Hall–Kier alpha value is -1.66. The molecule has 2 rings (SSSR count). The van der Waals surface area contributed by atoms with Gasteiger partial charge < -0.3 is 10.4 Å². The second-order valence-corrected chi connectivity index (χ2v) is 3.76. The zero-order valence-corrected chi connectivity index (χ0v) is 9.10. The minimum atomic E-state index is -0.621. The van der Waals surface area contributed by atoms with Crippen LogP contribution in [0.1, 0.15) is 0 Å². The molecule has 1 aromatic rings. The van der Waals surface area contributed by atoms with E-state index in [1.165, 1.54) is 12.1 Å². The molecule has 0 saturated carbocycles. The van der Waals surface area contributed by atoms with Crippen molar-refractivity contribution >= 4 is 11.6 Å². The topological polar surface area (TPSA) is 61.8 Å². The number of benzene rings is 1. The second-order valence-electron chi connectivity index (χ2n) is 3.76. The fourth-order valence-corrected chi connectivity index (χ4v) is 1.48. The Morgan fingerprint density at radius 3 is 2.82 bits per heavy atom. The third-order valence-corrected chi connectivity index (χ3v) is 2.37. The lowest BCUT2D eigenvalue weighted by Crippen LogP contribution is -2.33. The van der Waals surface area contributed by atoms with Crippen LogP contribution < -0.4 is 5.32 Å². The monoisotopic (exact) mass is 240 g/mol. The van der Waals surface area contributed by atoms with E-state index in [1.807, 2.05) is 0 Å². The number of aliphatic hydroxyl groups is 1. The van der Waals surface area contributed by atoms with Gasteiger partial charge in [-0.15, -0.1) is 0 Å². The molecule has 0 aliphatic carbocycles. The molecule has 1 heterocycles. The number of nitrogens with one attached hydrogen (secondary N) is 1. The standard InChI is InChI=1S/C11H13FN2O3/c12-8-1-3-9(4-2-8)13-5-11(16)14-6-10(15)7-17-14/h1-4,10,13,15H,5-7H2. The number of rotatable bonds is 3. The number of aliphatic hydroxyl groups excluding tert-OH is 1. The Balaban J connectivity index is 1.82. The summed E-state index contributed by atoms with van der Waals surface area (Å²) < 4.78 is 12.6. The van der Waals surface area contributed by atoms with Gasteiger partial charge in [-0.3, -0.25) is 9.63 Å². The van der Waals surface area contributed by atoms with Crippen molar-refractivity contribution in [3.05, 3.63) is 30.1 Å². The fraction of sp³-hybridized carbons (Fsp3) is 0.364. The van der Waals surface area contributed by atoms with Crippen LogP contribution in [0.2, 0.25) is 0 Å². The van der Waals surface area contributed by atoms with Gasteiger partial charge in [-0.25, -0.2) is 9.45 Å². The van der Waals surface area contributed by atoms with Crippen molar-refractivity contribution in [3.63, 3.8) is 0 Å². The van der Waals surface area contributed by atoms with E-state index in [9.17, 15) is 14.3 Å². The summed E-state index contributed by atoms with van der Waals surface area (Å²) in [5, 5.41) is 13.2. The van der Waals surface area contributed by atoms with Gasteiger partial charge in [-0.1, -0.05) is 0 Å². The van der Waals surface area contributed by atoms with Crippen LogP contribution in [0.5, 0.6) is 0 Å². The number of nitrogens with zero attached hydrogens (tertiary/aromatic N) is 1. The van der Waals surface area contributed by atoms with Crippen LogP contribution >= 0.6 is 0 Å². The summed E-state index contributed by atoms with van der Waals surface area (Å²) in [5.41, 5.74) is 0.652. The van der Waals surface area contributed by atoms with Gasteiger partial charge in [0.15, 0.2) is 0 Å². The average molecular weight is 240 g/mol. The Bertz CT molecular complexity index is 396. The lowest BCUT2D eigenvalue weighted by atomic mass is 10.3. The summed E-state index contributed by atoms with van der Waals surface area (Å²) >= 11 is 0. The van der Waals surface area contributed by atoms with Crippen LogP contribution in [0.3, 0.4) is 0 Å². The quantitative estimate of drug-likeness (QED) is 0.801. The van der Waals surface area contributed by atoms with Crippen molar-refractivity contribution in [1.29, 1.82) is 0 Å². The lowest BCUT2D eigenvalue weighted by molar-refractivity contribution is -0.166. The van der Waals surface area contributed by atoms with Crippen molar-refractivity contribution in [3.8, 4) is 0 Å². The smallest absolute Gasteiger partial charge is 0.265 e. The summed E-state index contributed by atoms with van der Waals surface area (Å²) in [6.45, 7) is 0.366. The maximum absolute atomic E-state index is 12.6. The average Bonchev–Trinajstić information content (AvgIpc) is 2.75. The molecular weight excluding hydrogens is 227 g/mol. The number of anilines is 1. The van der Waals surface area contributed by atoms with Crippen molar-refractivity contribution in [2.24, 2.45) is 0 Å². The predicted octanol–water partition coefficient (Wildman–Crippen LogP) is 0.372. The normalized spacial score (nSPS) is 19.4. The van der Waals surface area contributed by atoms with Gasteiger partial charge in [-0.05, 0) is 24.3 Å². The molecule has 2 N–H and O–H groups in total. The molecular formula is C11H13FN2O3. The number of β-amino-alcohol motifs (C(OH)–C–C–N with tert-alkyl or cyclic N) is 1. The highest BCUT2D eigenvalue weighted by atomic mass is 19.1. The highest BCUT2D eigenvalue weighted by molar-refractivity contribution is 5.80. The van der Waals surface area contributed by atoms with Gasteiger partial charge in [0.1, 0.15) is 12.4 Å². The molecule has 1 saturated heterocycles. The highest BCUT2D eigenvalue weighted by Gasteiger charge is 2.25. The van der Waals surface area contributed by atoms with Gasteiger partial charge in [0.05, 0.1) is 19.2 Å². The van der Waals surface area contributed by atoms with E-state index in [4.69, 9.17) is 4.84 Å². The van der Waals surface area contributed by atoms with Crippen LogP contribution in [0.15, 0.2) is 24.3 Å². The van der Waals surface area contributed by atoms with Crippen molar-refractivity contribution < 1.29 is 19.1 Å². The molecule has 1 aliphatic rings. The first-order valence-corrected chi connectivity index (χ1v) is 5.26. The summed E-state index contributed by atoms with van der Waals surface area (Å²) in [6, 6.07) is 5.70. The molecule has 92 valence electrons. The van der Waals surface area contributed by atoms with E-state index >= 15 is 0 Å². The SMILES string of the molecule is O=C(CNc1ccc(F)cc1)N1CC(O)CO1. The van der Waals surface area contributed by atoms with E-state index < -0.39 is 6.10 Å². The number of hydrogen-bond donors (Lipinski definition) is 2. The van der Waals surface area contributed by atoms with Crippen LogP contribution in [-0.2, 0) is 9.63 Å². The lowest BCUT2D eigenvalue weighted by Gasteiger charge is -2.14. The summed E-state index contributed by atoms with van der Waals surface area (Å²) in [4.78, 5) is 16.6. The Labute approximate surface area is 97.7 Å². The van der Waals surface area contributed by atoms with Crippen molar-refractivity contribution in [1.82, 2.24) is 5.06 Å². The first-order valence-electron chi connectivity index (χ1n) is 5.26. The first kappa shape index (κ1) is 11.8. The van der Waals surface area contributed by atoms with Crippen LogP contribution in [0.25, 0.3) is 0 Å². The van der Waals surface area contributed by atoms with Gasteiger partial charge in [-0.2, -0.15) is 0 Å².